The fourth-order valence-corrected chi connectivity index (χ4v) is 3.81. The first kappa shape index (κ1) is 21.3. The Morgan fingerprint density at radius 1 is 0.968 bits per heavy atom. The van der Waals surface area contributed by atoms with E-state index in [1.807, 2.05) is 42.2 Å². The number of carbonyl (C=O) groups excluding carboxylic acids is 1. The molecule has 1 saturated carbocycles. The van der Waals surface area contributed by atoms with Crippen LogP contribution in [-0.2, 0) is 24.3 Å². The number of halogens is 1. The maximum absolute atomic E-state index is 13.3. The molecule has 0 unspecified atom stereocenters. The lowest BCUT2D eigenvalue weighted by molar-refractivity contribution is -0.133. The van der Waals surface area contributed by atoms with Gasteiger partial charge in [-0.2, -0.15) is 0 Å². The summed E-state index contributed by atoms with van der Waals surface area (Å²) in [5, 5.41) is 0. The molecule has 2 aromatic carbocycles. The zero-order chi connectivity index (χ0) is 21.6. The maximum Gasteiger partial charge on any atom is 0.237 e. The van der Waals surface area contributed by atoms with Crippen molar-refractivity contribution in [3.8, 4) is 0 Å². The molecule has 1 heterocycles. The normalized spacial score (nSPS) is 13.5. The molecule has 1 amide bonds. The van der Waals surface area contributed by atoms with Crippen LogP contribution < -0.4 is 0 Å². The van der Waals surface area contributed by atoms with E-state index >= 15 is 0 Å². The smallest absolute Gasteiger partial charge is 0.237 e. The van der Waals surface area contributed by atoms with Crippen molar-refractivity contribution < 1.29 is 13.6 Å². The van der Waals surface area contributed by atoms with E-state index in [4.69, 9.17) is 4.42 Å². The highest BCUT2D eigenvalue weighted by Gasteiger charge is 2.31. The number of furan rings is 1. The van der Waals surface area contributed by atoms with Gasteiger partial charge in [0.15, 0.2) is 0 Å². The Kier molecular flexibility index (Phi) is 6.82. The Bertz CT molecular complexity index is 980. The van der Waals surface area contributed by atoms with Gasteiger partial charge in [-0.1, -0.05) is 42.5 Å². The molecule has 4 rings (SSSR count). The van der Waals surface area contributed by atoms with Crippen LogP contribution in [0.2, 0.25) is 0 Å². The van der Waals surface area contributed by atoms with Crippen LogP contribution >= 0.6 is 0 Å². The van der Waals surface area contributed by atoms with E-state index in [1.54, 1.807) is 12.1 Å². The zero-order valence-corrected chi connectivity index (χ0v) is 18.0. The van der Waals surface area contributed by atoms with Crippen molar-refractivity contribution in [2.45, 2.75) is 45.3 Å². The van der Waals surface area contributed by atoms with Gasteiger partial charge in [-0.25, -0.2) is 4.39 Å². The van der Waals surface area contributed by atoms with E-state index in [9.17, 15) is 9.18 Å². The Hall–Kier alpha value is -2.92. The first-order valence-corrected chi connectivity index (χ1v) is 10.9. The van der Waals surface area contributed by atoms with Crippen LogP contribution in [0.5, 0.6) is 0 Å². The molecular formula is C26H29FN2O2. The van der Waals surface area contributed by atoms with Crippen LogP contribution in [0.3, 0.4) is 0 Å². The summed E-state index contributed by atoms with van der Waals surface area (Å²) >= 11 is 0. The molecule has 1 aromatic heterocycles. The van der Waals surface area contributed by atoms with Crippen molar-refractivity contribution in [2.75, 3.05) is 13.1 Å². The predicted octanol–water partition coefficient (Wildman–Crippen LogP) is 4.96. The van der Waals surface area contributed by atoms with Crippen molar-refractivity contribution in [3.63, 3.8) is 0 Å². The lowest BCUT2D eigenvalue weighted by Gasteiger charge is -2.27. The van der Waals surface area contributed by atoms with Gasteiger partial charge >= 0.3 is 0 Å². The van der Waals surface area contributed by atoms with Gasteiger partial charge in [-0.15, -0.1) is 0 Å². The van der Waals surface area contributed by atoms with E-state index in [1.165, 1.54) is 17.7 Å². The molecule has 0 bridgehead atoms. The average Bonchev–Trinajstić information content (AvgIpc) is 3.54. The highest BCUT2D eigenvalue weighted by atomic mass is 19.1. The highest BCUT2D eigenvalue weighted by molar-refractivity contribution is 5.78. The summed E-state index contributed by atoms with van der Waals surface area (Å²) in [6, 6.07) is 21.1. The molecule has 4 nitrogen and oxygen atoms in total. The number of nitrogens with zero attached hydrogens (tertiary/aromatic N) is 2. The molecule has 0 aliphatic heterocycles. The van der Waals surface area contributed by atoms with Crippen LogP contribution in [0.4, 0.5) is 4.39 Å². The Morgan fingerprint density at radius 2 is 1.71 bits per heavy atom. The summed E-state index contributed by atoms with van der Waals surface area (Å²) in [5.74, 6) is 1.51. The van der Waals surface area contributed by atoms with Gasteiger partial charge in [0.1, 0.15) is 17.3 Å². The minimum absolute atomic E-state index is 0.0963. The fourth-order valence-electron chi connectivity index (χ4n) is 3.81. The largest absolute Gasteiger partial charge is 0.464 e. The topological polar surface area (TPSA) is 36.7 Å². The minimum Gasteiger partial charge on any atom is -0.464 e. The van der Waals surface area contributed by atoms with Gasteiger partial charge in [0, 0.05) is 19.1 Å². The molecule has 3 aromatic rings. The zero-order valence-electron chi connectivity index (χ0n) is 18.0. The van der Waals surface area contributed by atoms with Gasteiger partial charge in [0.25, 0.3) is 0 Å². The van der Waals surface area contributed by atoms with Crippen LogP contribution in [0, 0.1) is 12.7 Å². The number of amides is 1. The number of carbonyl (C=O) groups is 1. The molecular weight excluding hydrogens is 391 g/mol. The first-order valence-electron chi connectivity index (χ1n) is 10.9. The van der Waals surface area contributed by atoms with Crippen LogP contribution in [0.15, 0.2) is 71.1 Å². The third kappa shape index (κ3) is 6.28. The van der Waals surface area contributed by atoms with Crippen LogP contribution in [-0.4, -0.2) is 34.8 Å². The van der Waals surface area contributed by atoms with E-state index in [-0.39, 0.29) is 11.7 Å². The van der Waals surface area contributed by atoms with E-state index in [0.29, 0.717) is 32.2 Å². The molecule has 0 N–H and O–H groups in total. The summed E-state index contributed by atoms with van der Waals surface area (Å²) in [6.07, 6.45) is 3.01. The number of benzene rings is 2. The quantitative estimate of drug-likeness (QED) is 0.465. The van der Waals surface area contributed by atoms with Gasteiger partial charge < -0.3 is 9.32 Å². The number of aryl methyl sites for hydroxylation is 1. The standard InChI is InChI=1S/C26H29FN2O2/c1-20-7-14-25(31-20)18-28(16-15-21-5-3-2-4-6-21)26(30)19-29(24-12-13-24)17-22-8-10-23(27)11-9-22/h2-11,14,24H,12-13,15-19H2,1H3. The second-order valence-corrected chi connectivity index (χ2v) is 8.33. The van der Waals surface area contributed by atoms with Crippen LogP contribution in [0.25, 0.3) is 0 Å². The second-order valence-electron chi connectivity index (χ2n) is 8.33. The van der Waals surface area contributed by atoms with Crippen molar-refractivity contribution >= 4 is 5.91 Å². The van der Waals surface area contributed by atoms with Crippen LogP contribution in [0.1, 0.15) is 35.5 Å². The van der Waals surface area contributed by atoms with E-state index in [2.05, 4.69) is 17.0 Å². The molecule has 162 valence electrons. The molecule has 0 atom stereocenters. The first-order chi connectivity index (χ1) is 15.1. The van der Waals surface area contributed by atoms with Gasteiger partial charge in [0.05, 0.1) is 13.1 Å². The molecule has 31 heavy (non-hydrogen) atoms. The van der Waals surface area contributed by atoms with Gasteiger partial charge in [-0.3, -0.25) is 9.69 Å². The molecule has 0 saturated heterocycles. The van der Waals surface area contributed by atoms with E-state index < -0.39 is 0 Å². The molecule has 1 aliphatic carbocycles. The summed E-state index contributed by atoms with van der Waals surface area (Å²) < 4.78 is 19.0. The molecule has 5 heteroatoms. The lowest BCUT2D eigenvalue weighted by Crippen LogP contribution is -2.41. The van der Waals surface area contributed by atoms with Crippen molar-refractivity contribution in [1.29, 1.82) is 0 Å². The Labute approximate surface area is 183 Å². The second kappa shape index (κ2) is 9.92. The van der Waals surface area contributed by atoms with Gasteiger partial charge in [0.2, 0.25) is 5.91 Å². The summed E-state index contributed by atoms with van der Waals surface area (Å²) in [5.41, 5.74) is 2.24. The molecule has 0 spiro atoms. The molecule has 0 radical (unpaired) electrons. The maximum atomic E-state index is 13.3. The molecule has 1 aliphatic rings. The summed E-state index contributed by atoms with van der Waals surface area (Å²) in [7, 11) is 0. The number of rotatable bonds is 10. The summed E-state index contributed by atoms with van der Waals surface area (Å²) in [4.78, 5) is 17.5. The number of hydrogen-bond donors (Lipinski definition) is 0. The molecule has 1 fully saturated rings. The van der Waals surface area contributed by atoms with Gasteiger partial charge in [-0.05, 0) is 61.6 Å². The summed E-state index contributed by atoms with van der Waals surface area (Å²) in [6.45, 7) is 4.03. The SMILES string of the molecule is Cc1ccc(CN(CCc2ccccc2)C(=O)CN(Cc2ccc(F)cc2)C2CC2)o1. The van der Waals surface area contributed by atoms with Crippen molar-refractivity contribution in [2.24, 2.45) is 0 Å². The van der Waals surface area contributed by atoms with Crippen molar-refractivity contribution in [3.05, 3.63) is 95.2 Å². The highest BCUT2D eigenvalue weighted by Crippen LogP contribution is 2.28. The third-order valence-electron chi connectivity index (χ3n) is 5.71. The minimum atomic E-state index is -0.237. The number of hydrogen-bond acceptors (Lipinski definition) is 3. The average molecular weight is 421 g/mol. The fraction of sp³-hybridized carbons (Fsp3) is 0.346. The van der Waals surface area contributed by atoms with E-state index in [0.717, 1.165) is 36.3 Å². The lowest BCUT2D eigenvalue weighted by atomic mass is 10.1. The van der Waals surface area contributed by atoms with Crippen molar-refractivity contribution in [1.82, 2.24) is 9.80 Å². The Morgan fingerprint density at radius 3 is 2.35 bits per heavy atom. The third-order valence-corrected chi connectivity index (χ3v) is 5.71. The predicted molar refractivity (Wildman–Crippen MR) is 119 cm³/mol. The monoisotopic (exact) mass is 420 g/mol. The Balaban J connectivity index is 1.44.